The topological polar surface area (TPSA) is 83.6 Å². The average molecular weight is 261 g/mol. The monoisotopic (exact) mass is 261 g/mol. The highest BCUT2D eigenvalue weighted by Crippen LogP contribution is 2.32. The van der Waals surface area contributed by atoms with E-state index in [2.05, 4.69) is 4.98 Å². The summed E-state index contributed by atoms with van der Waals surface area (Å²) in [7, 11) is 0. The Bertz CT molecular complexity index is 605. The zero-order valence-corrected chi connectivity index (χ0v) is 8.60. The van der Waals surface area contributed by atoms with Crippen LogP contribution in [-0.2, 0) is 11.0 Å². The Morgan fingerprint density at radius 2 is 2.06 bits per heavy atom. The van der Waals surface area contributed by atoms with E-state index in [4.69, 9.17) is 14.6 Å². The maximum Gasteiger partial charge on any atom is 0.416 e. The van der Waals surface area contributed by atoms with E-state index >= 15 is 0 Å². The molecule has 1 aromatic carbocycles. The van der Waals surface area contributed by atoms with Gasteiger partial charge >= 0.3 is 12.1 Å². The molecule has 0 radical (unpaired) electrons. The standard InChI is InChI=1S/C10H6F3NO4/c11-10(12,13)4-1-2-6-5(3-4)14-8(18-6)7(15)9(16)17/h1-3,7,15H,(H,16,17). The highest BCUT2D eigenvalue weighted by Gasteiger charge is 2.31. The third kappa shape index (κ3) is 2.14. The first-order valence-electron chi connectivity index (χ1n) is 4.67. The van der Waals surface area contributed by atoms with E-state index in [0.717, 1.165) is 18.2 Å². The first-order valence-corrected chi connectivity index (χ1v) is 4.67. The molecule has 18 heavy (non-hydrogen) atoms. The summed E-state index contributed by atoms with van der Waals surface area (Å²) < 4.78 is 42.1. The summed E-state index contributed by atoms with van der Waals surface area (Å²) >= 11 is 0. The van der Waals surface area contributed by atoms with Crippen molar-refractivity contribution in [1.29, 1.82) is 0 Å². The van der Waals surface area contributed by atoms with Crippen molar-refractivity contribution >= 4 is 17.1 Å². The second kappa shape index (κ2) is 3.98. The van der Waals surface area contributed by atoms with Gasteiger partial charge in [0.2, 0.25) is 12.0 Å². The van der Waals surface area contributed by atoms with Crippen LogP contribution in [0.15, 0.2) is 22.6 Å². The Hall–Kier alpha value is -2.09. The summed E-state index contributed by atoms with van der Waals surface area (Å²) in [6.45, 7) is 0. The lowest BCUT2D eigenvalue weighted by atomic mass is 10.2. The Morgan fingerprint density at radius 1 is 1.39 bits per heavy atom. The molecule has 2 rings (SSSR count). The maximum atomic E-state index is 12.4. The number of aliphatic hydroxyl groups is 1. The third-order valence-corrected chi connectivity index (χ3v) is 2.20. The number of carbonyl (C=O) groups is 1. The zero-order chi connectivity index (χ0) is 13.5. The van der Waals surface area contributed by atoms with Crippen molar-refractivity contribution < 1.29 is 32.6 Å². The van der Waals surface area contributed by atoms with Gasteiger partial charge in [0.15, 0.2) is 5.58 Å². The van der Waals surface area contributed by atoms with E-state index in [1.807, 2.05) is 0 Å². The number of carboxylic acid groups (broad SMARTS) is 1. The Labute approximate surface area is 97.5 Å². The summed E-state index contributed by atoms with van der Waals surface area (Å²) in [6.07, 6.45) is -6.54. The van der Waals surface area contributed by atoms with Gasteiger partial charge in [-0.05, 0) is 18.2 Å². The Kier molecular flexibility index (Phi) is 2.74. The maximum absolute atomic E-state index is 12.4. The molecule has 1 atom stereocenters. The zero-order valence-electron chi connectivity index (χ0n) is 8.60. The number of oxazole rings is 1. The molecule has 0 bridgehead atoms. The number of hydrogen-bond donors (Lipinski definition) is 2. The second-order valence-corrected chi connectivity index (χ2v) is 3.47. The molecule has 0 spiro atoms. The van der Waals surface area contributed by atoms with E-state index < -0.39 is 29.7 Å². The predicted octanol–water partition coefficient (Wildman–Crippen LogP) is 1.96. The second-order valence-electron chi connectivity index (χ2n) is 3.47. The van der Waals surface area contributed by atoms with Crippen molar-refractivity contribution in [2.24, 2.45) is 0 Å². The average Bonchev–Trinajstić information content (AvgIpc) is 2.68. The molecule has 5 nitrogen and oxygen atoms in total. The molecule has 2 N–H and O–H groups in total. The molecule has 0 aliphatic carbocycles. The van der Waals surface area contributed by atoms with Gasteiger partial charge in [-0.2, -0.15) is 13.2 Å². The molecular formula is C10H6F3NO4. The van der Waals surface area contributed by atoms with E-state index in [-0.39, 0.29) is 11.1 Å². The van der Waals surface area contributed by atoms with Crippen molar-refractivity contribution in [2.45, 2.75) is 12.3 Å². The number of halogens is 3. The lowest BCUT2D eigenvalue weighted by Gasteiger charge is -2.04. The highest BCUT2D eigenvalue weighted by atomic mass is 19.4. The lowest BCUT2D eigenvalue weighted by molar-refractivity contribution is -0.148. The van der Waals surface area contributed by atoms with Gasteiger partial charge in [0, 0.05) is 0 Å². The van der Waals surface area contributed by atoms with Crippen LogP contribution in [0.4, 0.5) is 13.2 Å². The predicted molar refractivity (Wildman–Crippen MR) is 51.6 cm³/mol. The van der Waals surface area contributed by atoms with Crippen LogP contribution in [0.3, 0.4) is 0 Å². The minimum absolute atomic E-state index is 0.0294. The summed E-state index contributed by atoms with van der Waals surface area (Å²) in [6, 6.07) is 2.52. The van der Waals surface area contributed by atoms with Crippen LogP contribution in [-0.4, -0.2) is 21.2 Å². The van der Waals surface area contributed by atoms with Gasteiger partial charge in [-0.1, -0.05) is 0 Å². The number of benzene rings is 1. The molecule has 1 unspecified atom stereocenters. The summed E-state index contributed by atoms with van der Waals surface area (Å²) in [5.41, 5.74) is -1.13. The van der Waals surface area contributed by atoms with Gasteiger partial charge in [0.1, 0.15) is 5.52 Å². The minimum Gasteiger partial charge on any atom is -0.479 e. The fraction of sp³-hybridized carbons (Fsp3) is 0.200. The normalized spacial score (nSPS) is 13.8. The molecule has 0 amide bonds. The van der Waals surface area contributed by atoms with Gasteiger partial charge in [0.25, 0.3) is 0 Å². The van der Waals surface area contributed by atoms with Gasteiger partial charge in [-0.3, -0.25) is 0 Å². The highest BCUT2D eigenvalue weighted by molar-refractivity contribution is 5.77. The van der Waals surface area contributed by atoms with Crippen molar-refractivity contribution in [3.8, 4) is 0 Å². The SMILES string of the molecule is O=C(O)C(O)c1nc2cc(C(F)(F)F)ccc2o1. The molecule has 0 saturated carbocycles. The minimum atomic E-state index is -4.53. The molecular weight excluding hydrogens is 255 g/mol. The van der Waals surface area contributed by atoms with Gasteiger partial charge in [-0.15, -0.1) is 0 Å². The van der Waals surface area contributed by atoms with E-state index in [0.29, 0.717) is 0 Å². The molecule has 2 aromatic rings. The largest absolute Gasteiger partial charge is 0.479 e. The Morgan fingerprint density at radius 3 is 2.61 bits per heavy atom. The van der Waals surface area contributed by atoms with E-state index in [1.54, 1.807) is 0 Å². The molecule has 1 heterocycles. The number of aromatic nitrogens is 1. The number of aliphatic carboxylic acids is 1. The summed E-state index contributed by atoms with van der Waals surface area (Å²) in [5.74, 6) is -2.16. The third-order valence-electron chi connectivity index (χ3n) is 2.20. The first kappa shape index (κ1) is 12.4. The van der Waals surface area contributed by atoms with Crippen LogP contribution in [0, 0.1) is 0 Å². The fourth-order valence-electron chi connectivity index (χ4n) is 1.34. The number of hydrogen-bond acceptors (Lipinski definition) is 4. The summed E-state index contributed by atoms with van der Waals surface area (Å²) in [5, 5.41) is 17.7. The number of rotatable bonds is 2. The number of nitrogens with zero attached hydrogens (tertiary/aromatic N) is 1. The van der Waals surface area contributed by atoms with Gasteiger partial charge in [0.05, 0.1) is 5.56 Å². The molecule has 0 saturated heterocycles. The molecule has 0 aliphatic heterocycles. The van der Waals surface area contributed by atoms with E-state index in [1.165, 1.54) is 0 Å². The lowest BCUT2D eigenvalue weighted by Crippen LogP contribution is -2.10. The van der Waals surface area contributed by atoms with Crippen molar-refractivity contribution in [1.82, 2.24) is 4.98 Å². The first-order chi connectivity index (χ1) is 8.29. The smallest absolute Gasteiger partial charge is 0.416 e. The molecule has 8 heteroatoms. The molecule has 0 fully saturated rings. The number of carboxylic acids is 1. The molecule has 96 valence electrons. The van der Waals surface area contributed by atoms with Crippen LogP contribution in [0.1, 0.15) is 17.6 Å². The van der Waals surface area contributed by atoms with Crippen LogP contribution in [0.25, 0.3) is 11.1 Å². The number of alkyl halides is 3. The van der Waals surface area contributed by atoms with Crippen molar-refractivity contribution in [2.75, 3.05) is 0 Å². The molecule has 1 aromatic heterocycles. The number of fused-ring (bicyclic) bond motifs is 1. The van der Waals surface area contributed by atoms with Gasteiger partial charge in [-0.25, -0.2) is 9.78 Å². The fourth-order valence-corrected chi connectivity index (χ4v) is 1.34. The quantitative estimate of drug-likeness (QED) is 0.863. The van der Waals surface area contributed by atoms with Gasteiger partial charge < -0.3 is 14.6 Å². The van der Waals surface area contributed by atoms with Crippen LogP contribution < -0.4 is 0 Å². The van der Waals surface area contributed by atoms with Crippen molar-refractivity contribution in [3.63, 3.8) is 0 Å². The van der Waals surface area contributed by atoms with Crippen LogP contribution >= 0.6 is 0 Å². The molecule has 0 aliphatic rings. The Balaban J connectivity index is 2.49. The van der Waals surface area contributed by atoms with Crippen LogP contribution in [0.5, 0.6) is 0 Å². The summed E-state index contributed by atoms with van der Waals surface area (Å²) in [4.78, 5) is 14.0. The number of aliphatic hydroxyl groups excluding tert-OH is 1. The van der Waals surface area contributed by atoms with Crippen molar-refractivity contribution in [3.05, 3.63) is 29.7 Å². The van der Waals surface area contributed by atoms with Crippen LogP contribution in [0.2, 0.25) is 0 Å². The van der Waals surface area contributed by atoms with E-state index in [9.17, 15) is 18.0 Å².